The Bertz CT molecular complexity index is 400. The Morgan fingerprint density at radius 2 is 1.39 bits per heavy atom. The average molecular weight is 330 g/mol. The molecule has 1 saturated carbocycles. The maximum absolute atomic E-state index is 12.0. The van der Waals surface area contributed by atoms with Gasteiger partial charge >= 0.3 is 11.9 Å². The van der Waals surface area contributed by atoms with Crippen LogP contribution in [-0.2, 0) is 14.4 Å². The minimum absolute atomic E-state index is 0.137. The summed E-state index contributed by atoms with van der Waals surface area (Å²) in [6.07, 6.45) is 5.22. The van der Waals surface area contributed by atoms with Gasteiger partial charge < -0.3 is 25.5 Å². The summed E-state index contributed by atoms with van der Waals surface area (Å²) in [6, 6.07) is 0.366. The maximum atomic E-state index is 12.0. The lowest BCUT2D eigenvalue weighted by Gasteiger charge is -2.31. The summed E-state index contributed by atoms with van der Waals surface area (Å²) in [6.45, 7) is 2.16. The highest BCUT2D eigenvalue weighted by Crippen LogP contribution is 2.24. The molecule has 0 atom stereocenters. The third kappa shape index (κ3) is 7.43. The van der Waals surface area contributed by atoms with Gasteiger partial charge in [-0.2, -0.15) is 0 Å². The maximum Gasteiger partial charge on any atom is 0.414 e. The van der Waals surface area contributed by atoms with Gasteiger partial charge in [0.15, 0.2) is 0 Å². The van der Waals surface area contributed by atoms with Crippen molar-refractivity contribution in [3.05, 3.63) is 0 Å². The van der Waals surface area contributed by atoms with Gasteiger partial charge in [-0.25, -0.2) is 9.59 Å². The number of carboxylic acids is 2. The fraction of sp³-hybridized carbons (Fsp3) is 0.800. The number of rotatable bonds is 2. The van der Waals surface area contributed by atoms with E-state index in [2.05, 4.69) is 17.3 Å². The topological polar surface area (TPSA) is 127 Å². The Balaban J connectivity index is 0.000000379. The molecule has 0 aromatic heterocycles. The summed E-state index contributed by atoms with van der Waals surface area (Å²) >= 11 is 0. The van der Waals surface area contributed by atoms with Crippen LogP contribution >= 0.6 is 0 Å². The van der Waals surface area contributed by atoms with Crippen molar-refractivity contribution in [1.82, 2.24) is 10.2 Å². The molecule has 0 radical (unpaired) electrons. The van der Waals surface area contributed by atoms with Crippen LogP contribution in [0.2, 0.25) is 0 Å². The van der Waals surface area contributed by atoms with Gasteiger partial charge in [0.25, 0.3) is 0 Å². The number of hydrogen-bond acceptors (Lipinski definition) is 5. The number of aliphatic hydroxyl groups is 1. The van der Waals surface area contributed by atoms with Crippen LogP contribution in [-0.4, -0.2) is 70.3 Å². The van der Waals surface area contributed by atoms with Crippen LogP contribution in [0.4, 0.5) is 0 Å². The molecule has 1 aliphatic carbocycles. The number of carbonyl (C=O) groups is 3. The quantitative estimate of drug-likeness (QED) is 0.521. The average Bonchev–Trinajstić information content (AvgIpc) is 2.50. The molecule has 132 valence electrons. The third-order valence-corrected chi connectivity index (χ3v) is 4.32. The molecule has 0 aromatic rings. The van der Waals surface area contributed by atoms with E-state index in [1.54, 1.807) is 0 Å². The molecule has 0 aromatic carbocycles. The van der Waals surface area contributed by atoms with Crippen LogP contribution < -0.4 is 5.32 Å². The Morgan fingerprint density at radius 3 is 1.83 bits per heavy atom. The van der Waals surface area contributed by atoms with Crippen molar-refractivity contribution >= 4 is 17.8 Å². The molecule has 1 heterocycles. The van der Waals surface area contributed by atoms with E-state index in [-0.39, 0.29) is 17.9 Å². The number of likely N-dealkylation sites (tertiary alicyclic amines) is 1. The molecule has 8 nitrogen and oxygen atoms in total. The van der Waals surface area contributed by atoms with Crippen molar-refractivity contribution in [2.45, 2.75) is 50.7 Å². The number of hydrogen-bond donors (Lipinski definition) is 4. The molecular weight excluding hydrogens is 304 g/mol. The van der Waals surface area contributed by atoms with E-state index < -0.39 is 11.9 Å². The summed E-state index contributed by atoms with van der Waals surface area (Å²) in [5.74, 6) is -3.30. The Kier molecular flexibility index (Phi) is 7.97. The second-order valence-corrected chi connectivity index (χ2v) is 6.20. The predicted octanol–water partition coefficient (Wildman–Crippen LogP) is -0.0965. The van der Waals surface area contributed by atoms with Crippen molar-refractivity contribution in [2.75, 3.05) is 20.1 Å². The Labute approximate surface area is 135 Å². The van der Waals surface area contributed by atoms with Gasteiger partial charge in [-0.1, -0.05) is 0 Å². The minimum atomic E-state index is -1.82. The molecule has 23 heavy (non-hydrogen) atoms. The fourth-order valence-corrected chi connectivity index (χ4v) is 2.81. The number of aliphatic carboxylic acids is 2. The van der Waals surface area contributed by atoms with Gasteiger partial charge in [0.2, 0.25) is 5.91 Å². The molecule has 1 saturated heterocycles. The second-order valence-electron chi connectivity index (χ2n) is 6.20. The summed E-state index contributed by atoms with van der Waals surface area (Å²) in [4.78, 5) is 32.6. The number of nitrogens with one attached hydrogen (secondary N) is 1. The molecule has 1 amide bonds. The van der Waals surface area contributed by atoms with Crippen molar-refractivity contribution < 1.29 is 29.7 Å². The number of carbonyl (C=O) groups excluding carboxylic acids is 1. The number of carboxylic acid groups (broad SMARTS) is 2. The van der Waals surface area contributed by atoms with Crippen LogP contribution in [0, 0.1) is 5.92 Å². The molecular formula is C15H26N2O6. The molecule has 0 spiro atoms. The van der Waals surface area contributed by atoms with Gasteiger partial charge in [0, 0.05) is 12.0 Å². The van der Waals surface area contributed by atoms with Crippen LogP contribution in [0.3, 0.4) is 0 Å². The van der Waals surface area contributed by atoms with Gasteiger partial charge in [0.1, 0.15) is 0 Å². The zero-order valence-corrected chi connectivity index (χ0v) is 13.4. The lowest BCUT2D eigenvalue weighted by Crippen LogP contribution is -2.46. The standard InChI is InChI=1S/C13H24N2O2.C2H2O4/c1-15-8-6-11(7-9-15)14-13(17)10-2-4-12(16)5-3-10;3-1(4)2(5)6/h10-12,16H,2-9H2,1H3,(H,14,17);(H,3,4)(H,5,6)/t10-,12-;. The van der Waals surface area contributed by atoms with E-state index in [0.717, 1.165) is 51.6 Å². The lowest BCUT2D eigenvalue weighted by molar-refractivity contribution is -0.159. The predicted molar refractivity (Wildman–Crippen MR) is 81.9 cm³/mol. The first-order valence-corrected chi connectivity index (χ1v) is 7.92. The normalized spacial score (nSPS) is 25.8. The highest BCUT2D eigenvalue weighted by molar-refractivity contribution is 6.27. The molecule has 2 rings (SSSR count). The third-order valence-electron chi connectivity index (χ3n) is 4.32. The van der Waals surface area contributed by atoms with Crippen molar-refractivity contribution in [3.63, 3.8) is 0 Å². The molecule has 0 unspecified atom stereocenters. The zero-order chi connectivity index (χ0) is 17.4. The van der Waals surface area contributed by atoms with E-state index >= 15 is 0 Å². The fourth-order valence-electron chi connectivity index (χ4n) is 2.81. The smallest absolute Gasteiger partial charge is 0.414 e. The SMILES string of the molecule is CN1CCC(NC(=O)[C@H]2CC[C@H](O)CC2)CC1.O=C(O)C(=O)O. The monoisotopic (exact) mass is 330 g/mol. The van der Waals surface area contributed by atoms with Crippen LogP contribution in [0.15, 0.2) is 0 Å². The molecule has 2 fully saturated rings. The zero-order valence-electron chi connectivity index (χ0n) is 13.4. The number of amides is 1. The number of aliphatic hydroxyl groups excluding tert-OH is 1. The van der Waals surface area contributed by atoms with E-state index in [9.17, 15) is 9.90 Å². The molecule has 0 bridgehead atoms. The minimum Gasteiger partial charge on any atom is -0.473 e. The van der Waals surface area contributed by atoms with Crippen molar-refractivity contribution in [3.8, 4) is 0 Å². The summed E-state index contributed by atoms with van der Waals surface area (Å²) in [7, 11) is 2.13. The second kappa shape index (κ2) is 9.46. The van der Waals surface area contributed by atoms with Gasteiger partial charge in [-0.05, 0) is 58.7 Å². The van der Waals surface area contributed by atoms with Gasteiger partial charge in [-0.3, -0.25) is 4.79 Å². The number of piperidine rings is 1. The Hall–Kier alpha value is -1.67. The first-order valence-electron chi connectivity index (χ1n) is 7.92. The highest BCUT2D eigenvalue weighted by Gasteiger charge is 2.27. The first-order chi connectivity index (χ1) is 10.8. The largest absolute Gasteiger partial charge is 0.473 e. The lowest BCUT2D eigenvalue weighted by atomic mass is 9.86. The van der Waals surface area contributed by atoms with E-state index in [1.807, 2.05) is 0 Å². The van der Waals surface area contributed by atoms with Crippen LogP contribution in [0.5, 0.6) is 0 Å². The Morgan fingerprint density at radius 1 is 0.913 bits per heavy atom. The van der Waals surface area contributed by atoms with Crippen molar-refractivity contribution in [1.29, 1.82) is 0 Å². The molecule has 2 aliphatic rings. The summed E-state index contributed by atoms with van der Waals surface area (Å²) in [5.41, 5.74) is 0. The van der Waals surface area contributed by atoms with Crippen LogP contribution in [0.1, 0.15) is 38.5 Å². The van der Waals surface area contributed by atoms with Gasteiger partial charge in [-0.15, -0.1) is 0 Å². The molecule has 1 aliphatic heterocycles. The van der Waals surface area contributed by atoms with Crippen LogP contribution in [0.25, 0.3) is 0 Å². The number of nitrogens with zero attached hydrogens (tertiary/aromatic N) is 1. The highest BCUT2D eigenvalue weighted by atomic mass is 16.4. The first kappa shape index (κ1) is 19.4. The van der Waals surface area contributed by atoms with E-state index in [0.29, 0.717) is 6.04 Å². The van der Waals surface area contributed by atoms with Crippen molar-refractivity contribution in [2.24, 2.45) is 5.92 Å². The van der Waals surface area contributed by atoms with E-state index in [1.165, 1.54) is 0 Å². The summed E-state index contributed by atoms with van der Waals surface area (Å²) < 4.78 is 0. The summed E-state index contributed by atoms with van der Waals surface area (Å²) in [5, 5.41) is 27.4. The van der Waals surface area contributed by atoms with Gasteiger partial charge in [0.05, 0.1) is 6.10 Å². The van der Waals surface area contributed by atoms with E-state index in [4.69, 9.17) is 19.8 Å². The molecule has 4 N–H and O–H groups in total. The molecule has 8 heteroatoms.